The monoisotopic (exact) mass is 618 g/mol. The van der Waals surface area contributed by atoms with Crippen LogP contribution in [-0.4, -0.2) is 88.0 Å². The minimum absolute atomic E-state index is 0.109. The molecule has 210 valence electrons. The van der Waals surface area contributed by atoms with E-state index in [4.69, 9.17) is 4.74 Å². The summed E-state index contributed by atoms with van der Waals surface area (Å²) in [5, 5.41) is 8.34. The van der Waals surface area contributed by atoms with Gasteiger partial charge in [0.05, 0.1) is 17.7 Å². The molecular formula is C25H26N6O5S4. The fourth-order valence-corrected chi connectivity index (χ4v) is 8.74. The third kappa shape index (κ3) is 5.56. The van der Waals surface area contributed by atoms with Gasteiger partial charge in [0.2, 0.25) is 0 Å². The number of piperazine rings is 1. The van der Waals surface area contributed by atoms with E-state index in [0.717, 1.165) is 11.3 Å². The van der Waals surface area contributed by atoms with E-state index >= 15 is 0 Å². The highest BCUT2D eigenvalue weighted by Gasteiger charge is 2.36. The van der Waals surface area contributed by atoms with Gasteiger partial charge in [-0.15, -0.1) is 16.4 Å². The smallest absolute Gasteiger partial charge is 0.352 e. The second-order valence-corrected chi connectivity index (χ2v) is 14.1. The van der Waals surface area contributed by atoms with Crippen molar-refractivity contribution in [3.05, 3.63) is 59.1 Å². The van der Waals surface area contributed by atoms with Gasteiger partial charge in [-0.25, -0.2) is 18.2 Å². The minimum Gasteiger partial charge on any atom is -0.462 e. The molecule has 5 rings (SSSR count). The Morgan fingerprint density at radius 2 is 1.90 bits per heavy atom. The molecule has 1 amide bonds. The molecule has 0 spiro atoms. The number of sulfonamides is 1. The van der Waals surface area contributed by atoms with E-state index in [1.807, 2.05) is 24.5 Å². The summed E-state index contributed by atoms with van der Waals surface area (Å²) < 4.78 is 36.0. The number of carbonyl (C=O) groups excluding carboxylic acids is 2. The van der Waals surface area contributed by atoms with Crippen molar-refractivity contribution in [3.8, 4) is 16.4 Å². The summed E-state index contributed by atoms with van der Waals surface area (Å²) in [6.45, 7) is 4.57. The van der Waals surface area contributed by atoms with Gasteiger partial charge in [0, 0.05) is 31.2 Å². The molecule has 1 atom stereocenters. The van der Waals surface area contributed by atoms with Gasteiger partial charge < -0.3 is 9.64 Å². The summed E-state index contributed by atoms with van der Waals surface area (Å²) in [5.41, 5.74) is 1.03. The number of ether oxygens (including phenoxy) is 1. The standard InChI is InChI=1S/C25H26N6O5S4/c1-4-36-24(33)21-22(26-25(37-3)39-21)30-15-18(27-28-30)19-10-11-20(38-19)40(34,35)31-13-12-29(14-16(31)2)23(32)17-8-6-5-7-9-17/h5-11,15-16H,4,12-14H2,1-3H3/t16-/m1/s1. The zero-order valence-corrected chi connectivity index (χ0v) is 25.1. The Morgan fingerprint density at radius 3 is 2.60 bits per heavy atom. The number of thiazole rings is 1. The number of hydrogen-bond acceptors (Lipinski definition) is 11. The van der Waals surface area contributed by atoms with Gasteiger partial charge in [-0.3, -0.25) is 4.79 Å². The van der Waals surface area contributed by atoms with E-state index in [2.05, 4.69) is 15.3 Å². The molecule has 15 heteroatoms. The van der Waals surface area contributed by atoms with Crippen molar-refractivity contribution in [1.29, 1.82) is 0 Å². The lowest BCUT2D eigenvalue weighted by Gasteiger charge is -2.38. The Morgan fingerprint density at radius 1 is 1.12 bits per heavy atom. The molecule has 1 saturated heterocycles. The van der Waals surface area contributed by atoms with Crippen LogP contribution >= 0.6 is 34.4 Å². The van der Waals surface area contributed by atoms with Crippen LogP contribution in [0.4, 0.5) is 0 Å². The third-order valence-corrected chi connectivity index (χ3v) is 11.8. The molecule has 0 unspecified atom stereocenters. The molecule has 40 heavy (non-hydrogen) atoms. The van der Waals surface area contributed by atoms with Crippen LogP contribution in [0.1, 0.15) is 33.9 Å². The average molecular weight is 619 g/mol. The molecule has 0 bridgehead atoms. The maximum atomic E-state index is 13.6. The summed E-state index contributed by atoms with van der Waals surface area (Å²) in [6, 6.07) is 11.8. The first-order chi connectivity index (χ1) is 19.2. The van der Waals surface area contributed by atoms with Gasteiger partial charge in [-0.2, -0.15) is 8.99 Å². The van der Waals surface area contributed by atoms with E-state index in [0.29, 0.717) is 44.3 Å². The molecule has 11 nitrogen and oxygen atoms in total. The van der Waals surface area contributed by atoms with E-state index in [1.54, 1.807) is 49.2 Å². The molecule has 4 aromatic rings. The van der Waals surface area contributed by atoms with Gasteiger partial charge in [-0.05, 0) is 44.4 Å². The molecule has 3 aromatic heterocycles. The highest BCUT2D eigenvalue weighted by atomic mass is 32.2. The Balaban J connectivity index is 1.33. The van der Waals surface area contributed by atoms with Crippen LogP contribution in [0.15, 0.2) is 57.2 Å². The normalized spacial score (nSPS) is 16.3. The predicted octanol–water partition coefficient (Wildman–Crippen LogP) is 3.89. The Kier molecular flexibility index (Phi) is 8.37. The molecular weight excluding hydrogens is 593 g/mol. The molecule has 4 heterocycles. The van der Waals surface area contributed by atoms with E-state index in [9.17, 15) is 18.0 Å². The zero-order valence-electron chi connectivity index (χ0n) is 21.9. The summed E-state index contributed by atoms with van der Waals surface area (Å²) in [5.74, 6) is -0.286. The van der Waals surface area contributed by atoms with E-state index in [1.165, 1.54) is 32.1 Å². The first kappa shape index (κ1) is 28.4. The number of nitrogens with zero attached hydrogens (tertiary/aromatic N) is 6. The molecule has 1 aliphatic heterocycles. The first-order valence-corrected chi connectivity index (χ1v) is 16.6. The highest BCUT2D eigenvalue weighted by Crippen LogP contribution is 2.34. The van der Waals surface area contributed by atoms with Crippen LogP contribution in [0.3, 0.4) is 0 Å². The third-order valence-electron chi connectivity index (χ3n) is 6.21. The van der Waals surface area contributed by atoms with Crippen LogP contribution in [0.25, 0.3) is 16.4 Å². The summed E-state index contributed by atoms with van der Waals surface area (Å²) in [6.07, 6.45) is 3.47. The number of benzene rings is 1. The van der Waals surface area contributed by atoms with Crippen molar-refractivity contribution in [2.45, 2.75) is 28.4 Å². The number of esters is 1. The number of amides is 1. The van der Waals surface area contributed by atoms with Crippen LogP contribution in [0.5, 0.6) is 0 Å². The Bertz CT molecular complexity index is 1630. The van der Waals surface area contributed by atoms with Crippen LogP contribution in [-0.2, 0) is 14.8 Å². The number of aromatic nitrogens is 4. The van der Waals surface area contributed by atoms with Crippen molar-refractivity contribution < 1.29 is 22.7 Å². The molecule has 1 fully saturated rings. The summed E-state index contributed by atoms with van der Waals surface area (Å²) in [4.78, 5) is 32.4. The van der Waals surface area contributed by atoms with Crippen molar-refractivity contribution in [1.82, 2.24) is 29.2 Å². The molecule has 1 aromatic carbocycles. The average Bonchev–Trinajstić information content (AvgIpc) is 3.72. The van der Waals surface area contributed by atoms with Crippen LogP contribution in [0, 0.1) is 0 Å². The molecule has 0 radical (unpaired) electrons. The maximum absolute atomic E-state index is 13.6. The number of thiophene rings is 1. The van der Waals surface area contributed by atoms with Gasteiger partial charge in [-0.1, -0.05) is 46.5 Å². The van der Waals surface area contributed by atoms with Crippen molar-refractivity contribution in [3.63, 3.8) is 0 Å². The molecule has 0 aliphatic carbocycles. The molecule has 0 N–H and O–H groups in total. The van der Waals surface area contributed by atoms with Gasteiger partial charge in [0.1, 0.15) is 9.90 Å². The Hall–Kier alpha value is -3.11. The largest absolute Gasteiger partial charge is 0.462 e. The summed E-state index contributed by atoms with van der Waals surface area (Å²) >= 11 is 3.71. The van der Waals surface area contributed by atoms with Crippen molar-refractivity contribution in [2.24, 2.45) is 0 Å². The fraction of sp³-hybridized carbons (Fsp3) is 0.320. The van der Waals surface area contributed by atoms with E-state index < -0.39 is 22.0 Å². The van der Waals surface area contributed by atoms with Crippen molar-refractivity contribution in [2.75, 3.05) is 32.5 Å². The predicted molar refractivity (Wildman–Crippen MR) is 154 cm³/mol. The number of rotatable bonds is 8. The van der Waals surface area contributed by atoms with Gasteiger partial charge in [0.15, 0.2) is 15.0 Å². The second kappa shape index (κ2) is 11.8. The van der Waals surface area contributed by atoms with Crippen molar-refractivity contribution >= 4 is 56.3 Å². The number of thioether (sulfide) groups is 1. The number of carbonyl (C=O) groups is 2. The summed E-state index contributed by atoms with van der Waals surface area (Å²) in [7, 11) is -3.80. The lowest BCUT2D eigenvalue weighted by atomic mass is 10.1. The topological polar surface area (TPSA) is 128 Å². The lowest BCUT2D eigenvalue weighted by molar-refractivity contribution is 0.0531. The van der Waals surface area contributed by atoms with E-state index in [-0.39, 0.29) is 23.3 Å². The van der Waals surface area contributed by atoms with Crippen LogP contribution in [0.2, 0.25) is 0 Å². The van der Waals surface area contributed by atoms with Gasteiger partial charge in [0.25, 0.3) is 15.9 Å². The second-order valence-electron chi connectivity index (χ2n) is 8.81. The molecule has 0 saturated carbocycles. The zero-order chi connectivity index (χ0) is 28.4. The van der Waals surface area contributed by atoms with Gasteiger partial charge >= 0.3 is 5.97 Å². The van der Waals surface area contributed by atoms with Crippen LogP contribution < -0.4 is 0 Å². The lowest BCUT2D eigenvalue weighted by Crippen LogP contribution is -2.55. The Labute approximate surface area is 243 Å². The SMILES string of the molecule is CCOC(=O)c1sc(SC)nc1-n1cc(-c2ccc(S(=O)(=O)N3CCN(C(=O)c4ccccc4)C[C@H]3C)s2)nn1. The number of hydrogen-bond donors (Lipinski definition) is 0. The molecule has 1 aliphatic rings. The highest BCUT2D eigenvalue weighted by molar-refractivity contribution is 8.00. The fourth-order valence-electron chi connectivity index (χ4n) is 4.30. The first-order valence-electron chi connectivity index (χ1n) is 12.3. The quantitative estimate of drug-likeness (QED) is 0.213. The minimum atomic E-state index is -3.80. The maximum Gasteiger partial charge on any atom is 0.352 e.